The van der Waals surface area contributed by atoms with Crippen LogP contribution in [0.2, 0.25) is 0 Å². The Bertz CT molecular complexity index is 1270. The van der Waals surface area contributed by atoms with Gasteiger partial charge < -0.3 is 15.1 Å². The van der Waals surface area contributed by atoms with E-state index in [1.54, 1.807) is 17.0 Å². The van der Waals surface area contributed by atoms with Crippen molar-refractivity contribution in [2.24, 2.45) is 0 Å². The summed E-state index contributed by atoms with van der Waals surface area (Å²) in [6, 6.07) is 13.7. The number of amides is 1. The third kappa shape index (κ3) is 3.62. The first-order valence-corrected chi connectivity index (χ1v) is 11.0. The van der Waals surface area contributed by atoms with Gasteiger partial charge in [0.25, 0.3) is 5.91 Å². The first-order valence-electron chi connectivity index (χ1n) is 10.6. The van der Waals surface area contributed by atoms with Crippen LogP contribution in [-0.2, 0) is 4.79 Å². The number of nitrogens with one attached hydrogen (secondary N) is 1. The first kappa shape index (κ1) is 20.6. The molecule has 1 fully saturated rings. The minimum absolute atomic E-state index is 0.00433. The minimum Gasteiger partial charge on any atom is -0.366 e. The van der Waals surface area contributed by atoms with Gasteiger partial charge in [-0.05, 0) is 42.9 Å². The van der Waals surface area contributed by atoms with E-state index >= 15 is 0 Å². The summed E-state index contributed by atoms with van der Waals surface area (Å²) in [6.45, 7) is 2.20. The topological polar surface area (TPSA) is 70.5 Å². The second-order valence-corrected chi connectivity index (χ2v) is 8.35. The Morgan fingerprint density at radius 2 is 1.81 bits per heavy atom. The van der Waals surface area contributed by atoms with Crippen molar-refractivity contribution in [3.05, 3.63) is 59.1 Å². The molecule has 0 spiro atoms. The number of carbonyl (C=O) groups excluding carboxylic acids is 2. The Labute approximate surface area is 189 Å². The summed E-state index contributed by atoms with van der Waals surface area (Å²) in [5.74, 6) is 0.204. The number of hydrogen-bond acceptors (Lipinski definition) is 6. The second-order valence-electron chi connectivity index (χ2n) is 7.99. The molecule has 0 bridgehead atoms. The second kappa shape index (κ2) is 8.31. The van der Waals surface area contributed by atoms with Crippen LogP contribution < -0.4 is 10.2 Å². The van der Waals surface area contributed by atoms with Gasteiger partial charge in [0.1, 0.15) is 17.7 Å². The molecule has 1 saturated heterocycles. The molecular weight excluding hydrogens is 429 g/mol. The molecule has 2 aliphatic heterocycles. The number of hydrogen-bond donors (Lipinski definition) is 1. The van der Waals surface area contributed by atoms with E-state index in [1.807, 2.05) is 35.2 Å². The monoisotopic (exact) mass is 451 g/mol. The highest BCUT2D eigenvalue weighted by Gasteiger charge is 2.33. The summed E-state index contributed by atoms with van der Waals surface area (Å²) in [4.78, 5) is 33.8. The zero-order valence-electron chi connectivity index (χ0n) is 17.3. The van der Waals surface area contributed by atoms with Crippen LogP contribution in [-0.4, -0.2) is 58.5 Å². The van der Waals surface area contributed by atoms with E-state index in [-0.39, 0.29) is 28.8 Å². The number of halogens is 1. The van der Waals surface area contributed by atoms with E-state index in [0.29, 0.717) is 44.1 Å². The van der Waals surface area contributed by atoms with Gasteiger partial charge in [-0.15, -0.1) is 0 Å². The third-order valence-corrected chi connectivity index (χ3v) is 6.37. The molecule has 7 nitrogen and oxygen atoms in total. The summed E-state index contributed by atoms with van der Waals surface area (Å²) in [7, 11) is 0. The van der Waals surface area contributed by atoms with Crippen LogP contribution in [0.4, 0.5) is 15.9 Å². The number of rotatable bonds is 4. The number of piperazine rings is 1. The van der Waals surface area contributed by atoms with E-state index in [4.69, 9.17) is 12.2 Å². The first-order chi connectivity index (χ1) is 15.5. The molecule has 5 rings (SSSR count). The number of carbonyl (C=O) groups is 2. The molecule has 1 atom stereocenters. The number of fused-ring (bicyclic) bond motifs is 3. The Morgan fingerprint density at radius 1 is 1.09 bits per heavy atom. The average Bonchev–Trinajstić information content (AvgIpc) is 3.15. The lowest BCUT2D eigenvalue weighted by Crippen LogP contribution is -2.49. The SMILES string of the molecule is O=C(CC[C@H]1Nc2c3ccccc3nc(=S)n2C1=O)N1CCN(c2ccccc2F)CC1. The van der Waals surface area contributed by atoms with Gasteiger partial charge in [-0.2, -0.15) is 0 Å². The third-order valence-electron chi connectivity index (χ3n) is 6.09. The fraction of sp³-hybridized carbons (Fsp3) is 0.304. The molecule has 2 aliphatic rings. The summed E-state index contributed by atoms with van der Waals surface area (Å²) in [5, 5.41) is 4.07. The van der Waals surface area contributed by atoms with Gasteiger partial charge >= 0.3 is 0 Å². The molecule has 2 aromatic carbocycles. The van der Waals surface area contributed by atoms with Crippen LogP contribution >= 0.6 is 12.2 Å². The van der Waals surface area contributed by atoms with E-state index in [0.717, 1.165) is 10.9 Å². The van der Waals surface area contributed by atoms with Gasteiger partial charge in [0.05, 0.1) is 11.2 Å². The highest BCUT2D eigenvalue weighted by atomic mass is 32.1. The fourth-order valence-electron chi connectivity index (χ4n) is 4.40. The summed E-state index contributed by atoms with van der Waals surface area (Å²) in [6.07, 6.45) is 0.617. The molecule has 9 heteroatoms. The standard InChI is InChI=1S/C23H22FN5O2S/c24-16-6-2-4-8-19(16)27-11-13-28(14-12-27)20(30)10-9-18-22(31)29-21(25-18)15-5-1-3-7-17(15)26-23(29)32/h1-8,18,25H,9-14H2/t18-/m1/s1. The van der Waals surface area contributed by atoms with Gasteiger partial charge in [0.15, 0.2) is 0 Å². The van der Waals surface area contributed by atoms with Gasteiger partial charge in [0.2, 0.25) is 10.7 Å². The summed E-state index contributed by atoms with van der Waals surface area (Å²) >= 11 is 5.32. The summed E-state index contributed by atoms with van der Waals surface area (Å²) in [5.41, 5.74) is 1.30. The van der Waals surface area contributed by atoms with Crippen LogP contribution in [0.3, 0.4) is 0 Å². The van der Waals surface area contributed by atoms with E-state index in [2.05, 4.69) is 10.3 Å². The van der Waals surface area contributed by atoms with Crippen molar-refractivity contribution in [1.29, 1.82) is 0 Å². The molecule has 0 saturated carbocycles. The van der Waals surface area contributed by atoms with Crippen molar-refractivity contribution in [3.8, 4) is 0 Å². The molecule has 3 aromatic rings. The predicted octanol–water partition coefficient (Wildman–Crippen LogP) is 3.47. The maximum Gasteiger partial charge on any atom is 0.257 e. The van der Waals surface area contributed by atoms with Crippen LogP contribution in [0.1, 0.15) is 17.6 Å². The molecule has 164 valence electrons. The Morgan fingerprint density at radius 3 is 2.59 bits per heavy atom. The predicted molar refractivity (Wildman–Crippen MR) is 123 cm³/mol. The highest BCUT2D eigenvalue weighted by molar-refractivity contribution is 7.71. The lowest BCUT2D eigenvalue weighted by molar-refractivity contribution is -0.131. The Balaban J connectivity index is 1.21. The van der Waals surface area contributed by atoms with Crippen molar-refractivity contribution >= 4 is 46.4 Å². The quantitative estimate of drug-likeness (QED) is 0.613. The Hall–Kier alpha value is -3.33. The van der Waals surface area contributed by atoms with E-state index in [9.17, 15) is 14.0 Å². The zero-order chi connectivity index (χ0) is 22.2. The average molecular weight is 452 g/mol. The molecule has 0 unspecified atom stereocenters. The van der Waals surface area contributed by atoms with Crippen molar-refractivity contribution in [2.45, 2.75) is 18.9 Å². The fourth-order valence-corrected chi connectivity index (χ4v) is 4.68. The molecule has 1 N–H and O–H groups in total. The molecule has 0 aliphatic carbocycles. The van der Waals surface area contributed by atoms with Gasteiger partial charge in [0, 0.05) is 38.0 Å². The van der Waals surface area contributed by atoms with E-state index < -0.39 is 6.04 Å². The van der Waals surface area contributed by atoms with Crippen molar-refractivity contribution < 1.29 is 14.0 Å². The molecule has 32 heavy (non-hydrogen) atoms. The van der Waals surface area contributed by atoms with Gasteiger partial charge in [-0.25, -0.2) is 13.9 Å². The smallest absolute Gasteiger partial charge is 0.257 e. The van der Waals surface area contributed by atoms with Crippen molar-refractivity contribution in [2.75, 3.05) is 36.4 Å². The van der Waals surface area contributed by atoms with Crippen molar-refractivity contribution in [1.82, 2.24) is 14.5 Å². The van der Waals surface area contributed by atoms with E-state index in [1.165, 1.54) is 10.6 Å². The number of anilines is 2. The highest BCUT2D eigenvalue weighted by Crippen LogP contribution is 2.29. The van der Waals surface area contributed by atoms with Crippen LogP contribution in [0.25, 0.3) is 10.9 Å². The Kier molecular flexibility index (Phi) is 5.34. The van der Waals surface area contributed by atoms with Crippen LogP contribution in [0, 0.1) is 10.6 Å². The maximum atomic E-state index is 14.0. The normalized spacial score (nSPS) is 18.0. The largest absolute Gasteiger partial charge is 0.366 e. The zero-order valence-corrected chi connectivity index (χ0v) is 18.1. The maximum absolute atomic E-state index is 14.0. The minimum atomic E-state index is -0.520. The molecule has 1 amide bonds. The lowest BCUT2D eigenvalue weighted by Gasteiger charge is -2.36. The molecule has 3 heterocycles. The van der Waals surface area contributed by atoms with Crippen molar-refractivity contribution in [3.63, 3.8) is 0 Å². The van der Waals surface area contributed by atoms with Gasteiger partial charge in [-0.1, -0.05) is 24.3 Å². The van der Waals surface area contributed by atoms with Crippen LogP contribution in [0.5, 0.6) is 0 Å². The molecule has 0 radical (unpaired) electrons. The number of benzene rings is 2. The number of aromatic nitrogens is 2. The number of para-hydroxylation sites is 2. The van der Waals surface area contributed by atoms with Gasteiger partial charge in [-0.3, -0.25) is 9.59 Å². The molecular formula is C23H22FN5O2S. The lowest BCUT2D eigenvalue weighted by atomic mass is 10.1. The summed E-state index contributed by atoms with van der Waals surface area (Å²) < 4.78 is 15.7. The number of nitrogens with zero attached hydrogens (tertiary/aromatic N) is 4. The van der Waals surface area contributed by atoms with Crippen LogP contribution in [0.15, 0.2) is 48.5 Å². The molecule has 1 aromatic heterocycles.